The van der Waals surface area contributed by atoms with E-state index in [1.807, 2.05) is 18.2 Å². The average molecular weight is 202 g/mol. The summed E-state index contributed by atoms with van der Waals surface area (Å²) in [6.07, 6.45) is 1.79. The lowest BCUT2D eigenvalue weighted by Gasteiger charge is -2.04. The maximum absolute atomic E-state index is 5.27. The number of aromatic nitrogens is 2. The van der Waals surface area contributed by atoms with Gasteiger partial charge in [0.1, 0.15) is 6.61 Å². The maximum atomic E-state index is 5.27. The number of ether oxygens (including phenoxy) is 1. The van der Waals surface area contributed by atoms with Crippen molar-refractivity contribution in [2.75, 3.05) is 18.5 Å². The van der Waals surface area contributed by atoms with Crippen LogP contribution in [0.25, 0.3) is 10.9 Å². The summed E-state index contributed by atoms with van der Waals surface area (Å²) in [6.45, 7) is 1.40. The van der Waals surface area contributed by atoms with Crippen LogP contribution in [0.5, 0.6) is 0 Å². The second-order valence-electron chi connectivity index (χ2n) is 3.33. The van der Waals surface area contributed by atoms with Crippen LogP contribution < -0.4 is 5.32 Å². The summed E-state index contributed by atoms with van der Waals surface area (Å²) in [5.41, 5.74) is 1.99. The minimum Gasteiger partial charge on any atom is -0.463 e. The molecule has 1 aliphatic rings. The molecule has 15 heavy (non-hydrogen) atoms. The molecule has 2 heterocycles. The SMILES string of the molecule is c1cc2[nH]ncc2cc1NC1=NCCO1. The number of anilines is 1. The number of aliphatic imine (C=N–C) groups is 1. The number of hydrogen-bond donors (Lipinski definition) is 2. The lowest BCUT2D eigenvalue weighted by atomic mass is 10.2. The van der Waals surface area contributed by atoms with Gasteiger partial charge in [-0.25, -0.2) is 4.99 Å². The van der Waals surface area contributed by atoms with Gasteiger partial charge in [-0.05, 0) is 18.2 Å². The molecular formula is C10H10N4O. The van der Waals surface area contributed by atoms with Gasteiger partial charge in [-0.2, -0.15) is 5.10 Å². The quantitative estimate of drug-likeness (QED) is 0.734. The van der Waals surface area contributed by atoms with Crippen molar-refractivity contribution in [3.63, 3.8) is 0 Å². The van der Waals surface area contributed by atoms with Crippen LogP contribution in [0.3, 0.4) is 0 Å². The minimum atomic E-state index is 0.595. The van der Waals surface area contributed by atoms with E-state index < -0.39 is 0 Å². The molecule has 5 nitrogen and oxygen atoms in total. The molecule has 76 valence electrons. The smallest absolute Gasteiger partial charge is 0.289 e. The molecule has 0 amide bonds. The molecule has 2 aromatic rings. The van der Waals surface area contributed by atoms with Crippen molar-refractivity contribution in [1.82, 2.24) is 10.2 Å². The van der Waals surface area contributed by atoms with E-state index in [0.29, 0.717) is 12.6 Å². The van der Waals surface area contributed by atoms with E-state index in [9.17, 15) is 0 Å². The summed E-state index contributed by atoms with van der Waals surface area (Å²) < 4.78 is 5.27. The third-order valence-electron chi connectivity index (χ3n) is 2.28. The molecule has 0 bridgehead atoms. The molecule has 3 rings (SSSR count). The fraction of sp³-hybridized carbons (Fsp3) is 0.200. The molecule has 1 aromatic heterocycles. The van der Waals surface area contributed by atoms with Gasteiger partial charge < -0.3 is 10.1 Å². The van der Waals surface area contributed by atoms with Crippen LogP contribution in [0.15, 0.2) is 29.4 Å². The first-order valence-electron chi connectivity index (χ1n) is 4.79. The summed E-state index contributed by atoms with van der Waals surface area (Å²) in [7, 11) is 0. The summed E-state index contributed by atoms with van der Waals surface area (Å²) in [4.78, 5) is 4.16. The van der Waals surface area contributed by atoms with E-state index in [1.54, 1.807) is 6.20 Å². The number of H-pyrrole nitrogens is 1. The molecule has 0 aliphatic carbocycles. The number of fused-ring (bicyclic) bond motifs is 1. The summed E-state index contributed by atoms with van der Waals surface area (Å²) in [5.74, 6) is 0. The Kier molecular flexibility index (Phi) is 1.81. The zero-order valence-corrected chi connectivity index (χ0v) is 8.03. The van der Waals surface area contributed by atoms with Crippen molar-refractivity contribution in [1.29, 1.82) is 0 Å². The van der Waals surface area contributed by atoms with Crippen molar-refractivity contribution in [2.24, 2.45) is 4.99 Å². The normalized spacial score (nSPS) is 15.1. The maximum Gasteiger partial charge on any atom is 0.289 e. The fourth-order valence-electron chi connectivity index (χ4n) is 1.55. The predicted octanol–water partition coefficient (Wildman–Crippen LogP) is 1.36. The molecular weight excluding hydrogens is 192 g/mol. The lowest BCUT2D eigenvalue weighted by molar-refractivity contribution is 0.346. The molecule has 1 aliphatic heterocycles. The minimum absolute atomic E-state index is 0.595. The highest BCUT2D eigenvalue weighted by Gasteiger charge is 2.07. The Bertz CT molecular complexity index is 517. The first-order valence-corrected chi connectivity index (χ1v) is 4.79. The summed E-state index contributed by atoms with van der Waals surface area (Å²) in [5, 5.41) is 11.0. The number of amidine groups is 1. The fourth-order valence-corrected chi connectivity index (χ4v) is 1.55. The van der Waals surface area contributed by atoms with Gasteiger partial charge in [0.15, 0.2) is 0 Å². The number of nitrogens with zero attached hydrogens (tertiary/aromatic N) is 2. The van der Waals surface area contributed by atoms with E-state index in [0.717, 1.165) is 23.1 Å². The van der Waals surface area contributed by atoms with Crippen molar-refractivity contribution >= 4 is 22.6 Å². The molecule has 1 aromatic carbocycles. The second kappa shape index (κ2) is 3.27. The molecule has 2 N–H and O–H groups in total. The highest BCUT2D eigenvalue weighted by Crippen LogP contribution is 2.17. The highest BCUT2D eigenvalue weighted by molar-refractivity contribution is 5.92. The second-order valence-corrected chi connectivity index (χ2v) is 3.33. The van der Waals surface area contributed by atoms with Gasteiger partial charge in [-0.1, -0.05) is 0 Å². The number of rotatable bonds is 1. The number of nitrogens with one attached hydrogen (secondary N) is 2. The molecule has 5 heteroatoms. The number of aromatic amines is 1. The van der Waals surface area contributed by atoms with Gasteiger partial charge in [0.25, 0.3) is 6.02 Å². The van der Waals surface area contributed by atoms with Gasteiger partial charge in [0.2, 0.25) is 0 Å². The monoisotopic (exact) mass is 202 g/mol. The van der Waals surface area contributed by atoms with Crippen LogP contribution in [0.1, 0.15) is 0 Å². The Labute approximate surface area is 86.2 Å². The Morgan fingerprint density at radius 1 is 1.40 bits per heavy atom. The molecule has 0 saturated heterocycles. The Balaban J connectivity index is 1.90. The van der Waals surface area contributed by atoms with Gasteiger partial charge in [0.05, 0.1) is 18.3 Å². The molecule has 0 unspecified atom stereocenters. The molecule has 0 spiro atoms. The van der Waals surface area contributed by atoms with Gasteiger partial charge in [-0.15, -0.1) is 0 Å². The molecule has 0 atom stereocenters. The lowest BCUT2D eigenvalue weighted by Crippen LogP contribution is -2.11. The zero-order chi connectivity index (χ0) is 10.1. The van der Waals surface area contributed by atoms with Crippen molar-refractivity contribution < 1.29 is 4.74 Å². The van der Waals surface area contributed by atoms with Crippen LogP contribution in [0.2, 0.25) is 0 Å². The third kappa shape index (κ3) is 1.52. The van der Waals surface area contributed by atoms with Gasteiger partial charge in [0, 0.05) is 11.1 Å². The molecule has 0 fully saturated rings. The third-order valence-corrected chi connectivity index (χ3v) is 2.28. The van der Waals surface area contributed by atoms with Crippen LogP contribution in [0.4, 0.5) is 5.69 Å². The van der Waals surface area contributed by atoms with Crippen LogP contribution >= 0.6 is 0 Å². The van der Waals surface area contributed by atoms with Gasteiger partial charge >= 0.3 is 0 Å². The van der Waals surface area contributed by atoms with E-state index in [4.69, 9.17) is 4.74 Å². The predicted molar refractivity (Wildman–Crippen MR) is 58.0 cm³/mol. The zero-order valence-electron chi connectivity index (χ0n) is 8.03. The van der Waals surface area contributed by atoms with Crippen molar-refractivity contribution in [2.45, 2.75) is 0 Å². The van der Waals surface area contributed by atoms with Gasteiger partial charge in [-0.3, -0.25) is 5.10 Å². The highest BCUT2D eigenvalue weighted by atomic mass is 16.5. The Morgan fingerprint density at radius 3 is 3.27 bits per heavy atom. The van der Waals surface area contributed by atoms with E-state index in [-0.39, 0.29) is 0 Å². The van der Waals surface area contributed by atoms with E-state index in [2.05, 4.69) is 20.5 Å². The van der Waals surface area contributed by atoms with Crippen LogP contribution in [-0.4, -0.2) is 29.4 Å². The first-order chi connectivity index (χ1) is 7.42. The molecule has 0 saturated carbocycles. The average Bonchev–Trinajstić information content (AvgIpc) is 2.87. The van der Waals surface area contributed by atoms with Crippen LogP contribution in [0, 0.1) is 0 Å². The summed E-state index contributed by atoms with van der Waals surface area (Å²) >= 11 is 0. The topological polar surface area (TPSA) is 62.3 Å². The van der Waals surface area contributed by atoms with Crippen molar-refractivity contribution in [3.05, 3.63) is 24.4 Å². The van der Waals surface area contributed by atoms with E-state index >= 15 is 0 Å². The largest absolute Gasteiger partial charge is 0.463 e. The Morgan fingerprint density at radius 2 is 2.40 bits per heavy atom. The summed E-state index contributed by atoms with van der Waals surface area (Å²) in [6, 6.07) is 6.53. The standard InChI is InChI=1S/C10H10N4O/c1-2-9-7(6-12-14-9)5-8(1)13-10-11-3-4-15-10/h1-2,5-6H,3-4H2,(H,11,13)(H,12,14). The Hall–Kier alpha value is -2.04. The molecule has 0 radical (unpaired) electrons. The van der Waals surface area contributed by atoms with E-state index in [1.165, 1.54) is 0 Å². The first kappa shape index (κ1) is 8.28. The number of hydrogen-bond acceptors (Lipinski definition) is 4. The van der Waals surface area contributed by atoms with Crippen molar-refractivity contribution in [3.8, 4) is 0 Å². The van der Waals surface area contributed by atoms with Crippen LogP contribution in [-0.2, 0) is 4.74 Å². The number of benzene rings is 1.